The molecule has 0 saturated carbocycles. The van der Waals surface area contributed by atoms with Gasteiger partial charge in [0.05, 0.1) is 5.69 Å². The second kappa shape index (κ2) is 5.65. The molecule has 4 nitrogen and oxygen atoms in total. The molecule has 2 rings (SSSR count). The first-order chi connectivity index (χ1) is 9.01. The van der Waals surface area contributed by atoms with Gasteiger partial charge in [-0.05, 0) is 47.0 Å². The molecular weight excluding hydrogens is 304 g/mol. The van der Waals surface area contributed by atoms with Gasteiger partial charge in [-0.1, -0.05) is 6.92 Å². The van der Waals surface area contributed by atoms with E-state index in [1.165, 1.54) is 5.56 Å². The molecule has 0 bridgehead atoms. The molecule has 0 aliphatic rings. The van der Waals surface area contributed by atoms with Crippen molar-refractivity contribution in [3.05, 3.63) is 39.6 Å². The zero-order valence-electron chi connectivity index (χ0n) is 11.5. The fraction of sp³-hybridized carbons (Fsp3) is 0.357. The lowest BCUT2D eigenvalue weighted by molar-refractivity contribution is 0.746. The number of nitrogens with one attached hydrogen (secondary N) is 1. The minimum absolute atomic E-state index is 0.763. The molecule has 1 heterocycles. The molecule has 3 N–H and O–H groups in total. The van der Waals surface area contributed by atoms with E-state index in [9.17, 15) is 0 Å². The van der Waals surface area contributed by atoms with Crippen LogP contribution < -0.4 is 11.1 Å². The second-order valence-corrected chi connectivity index (χ2v) is 5.52. The van der Waals surface area contributed by atoms with E-state index in [1.54, 1.807) is 0 Å². The smallest absolute Gasteiger partial charge is 0.0671 e. The van der Waals surface area contributed by atoms with Crippen LogP contribution in [0.25, 0.3) is 0 Å². The number of nitrogen functional groups attached to an aromatic ring is 1. The Bertz CT molecular complexity index is 589. The topological polar surface area (TPSA) is 55.9 Å². The lowest BCUT2D eigenvalue weighted by atomic mass is 10.1. The van der Waals surface area contributed by atoms with Gasteiger partial charge in [0.15, 0.2) is 0 Å². The lowest BCUT2D eigenvalue weighted by Crippen LogP contribution is -2.03. The van der Waals surface area contributed by atoms with Gasteiger partial charge in [-0.2, -0.15) is 5.10 Å². The van der Waals surface area contributed by atoms with Crippen LogP contribution in [0.4, 0.5) is 11.4 Å². The van der Waals surface area contributed by atoms with E-state index < -0.39 is 0 Å². The van der Waals surface area contributed by atoms with Crippen molar-refractivity contribution in [2.24, 2.45) is 7.05 Å². The number of nitrogens with zero attached hydrogens (tertiary/aromatic N) is 2. The van der Waals surface area contributed by atoms with Crippen LogP contribution in [0.5, 0.6) is 0 Å². The third-order valence-electron chi connectivity index (χ3n) is 3.15. The highest BCUT2D eigenvalue weighted by molar-refractivity contribution is 9.10. The van der Waals surface area contributed by atoms with Gasteiger partial charge >= 0.3 is 0 Å². The van der Waals surface area contributed by atoms with E-state index in [-0.39, 0.29) is 0 Å². The van der Waals surface area contributed by atoms with Crippen LogP contribution in [-0.4, -0.2) is 9.78 Å². The average molecular weight is 323 g/mol. The zero-order valence-corrected chi connectivity index (χ0v) is 13.1. The van der Waals surface area contributed by atoms with E-state index in [0.29, 0.717) is 0 Å². The maximum atomic E-state index is 5.87. The quantitative estimate of drug-likeness (QED) is 0.849. The minimum atomic E-state index is 0.763. The molecule has 0 radical (unpaired) electrons. The zero-order chi connectivity index (χ0) is 14.0. The molecule has 5 heteroatoms. The Hall–Kier alpha value is -1.49. The van der Waals surface area contributed by atoms with Crippen LogP contribution in [0.3, 0.4) is 0 Å². The maximum Gasteiger partial charge on any atom is 0.0671 e. The minimum Gasteiger partial charge on any atom is -0.398 e. The normalized spacial score (nSPS) is 10.7. The van der Waals surface area contributed by atoms with Gasteiger partial charge in [-0.25, -0.2) is 0 Å². The molecule has 0 amide bonds. The van der Waals surface area contributed by atoms with E-state index in [2.05, 4.69) is 45.5 Å². The van der Waals surface area contributed by atoms with Crippen LogP contribution in [0.2, 0.25) is 0 Å². The summed E-state index contributed by atoms with van der Waals surface area (Å²) in [6.45, 7) is 4.89. The predicted octanol–water partition coefficient (Wildman–Crippen LogP) is 3.25. The highest BCUT2D eigenvalue weighted by Gasteiger charge is 2.07. The van der Waals surface area contributed by atoms with Gasteiger partial charge in [0.2, 0.25) is 0 Å². The largest absolute Gasteiger partial charge is 0.398 e. The highest BCUT2D eigenvalue weighted by atomic mass is 79.9. The summed E-state index contributed by atoms with van der Waals surface area (Å²) in [6.07, 6.45) is 3.00. The van der Waals surface area contributed by atoms with Crippen molar-refractivity contribution in [2.75, 3.05) is 11.1 Å². The van der Waals surface area contributed by atoms with Crippen molar-refractivity contribution >= 4 is 27.3 Å². The molecule has 102 valence electrons. The number of nitrogens with two attached hydrogens (primary N) is 1. The number of anilines is 2. The number of aryl methyl sites for hydroxylation is 3. The van der Waals surface area contributed by atoms with Gasteiger partial charge in [-0.15, -0.1) is 0 Å². The molecule has 0 atom stereocenters. The fourth-order valence-electron chi connectivity index (χ4n) is 2.05. The Labute approximate surface area is 122 Å². The molecule has 0 spiro atoms. The Morgan fingerprint density at radius 1 is 1.42 bits per heavy atom. The van der Waals surface area contributed by atoms with Crippen molar-refractivity contribution in [2.45, 2.75) is 26.8 Å². The molecule has 0 aliphatic heterocycles. The third kappa shape index (κ3) is 3.10. The number of benzene rings is 1. The van der Waals surface area contributed by atoms with Crippen molar-refractivity contribution in [3.63, 3.8) is 0 Å². The summed E-state index contributed by atoms with van der Waals surface area (Å²) in [6, 6.07) is 3.99. The lowest BCUT2D eigenvalue weighted by Gasteiger charge is -2.11. The molecule has 2 aromatic rings. The van der Waals surface area contributed by atoms with Crippen LogP contribution in [0.1, 0.15) is 23.7 Å². The highest BCUT2D eigenvalue weighted by Crippen LogP contribution is 2.28. The molecule has 1 aromatic heterocycles. The van der Waals surface area contributed by atoms with Gasteiger partial charge in [0, 0.05) is 41.2 Å². The predicted molar refractivity (Wildman–Crippen MR) is 83.2 cm³/mol. The molecule has 0 unspecified atom stereocenters. The Balaban J connectivity index is 2.16. The summed E-state index contributed by atoms with van der Waals surface area (Å²) in [4.78, 5) is 0. The summed E-state index contributed by atoms with van der Waals surface area (Å²) < 4.78 is 2.84. The van der Waals surface area contributed by atoms with Gasteiger partial charge in [0.25, 0.3) is 0 Å². The number of aromatic nitrogens is 2. The van der Waals surface area contributed by atoms with Crippen LogP contribution >= 0.6 is 15.9 Å². The van der Waals surface area contributed by atoms with Crippen molar-refractivity contribution in [1.82, 2.24) is 9.78 Å². The van der Waals surface area contributed by atoms with Gasteiger partial charge in [-0.3, -0.25) is 4.68 Å². The van der Waals surface area contributed by atoms with E-state index in [0.717, 1.165) is 40.1 Å². The first-order valence-electron chi connectivity index (χ1n) is 6.32. The maximum absolute atomic E-state index is 5.87. The first-order valence-corrected chi connectivity index (χ1v) is 7.11. The summed E-state index contributed by atoms with van der Waals surface area (Å²) in [5.41, 5.74) is 11.2. The Morgan fingerprint density at radius 3 is 2.84 bits per heavy atom. The number of rotatable bonds is 4. The standard InChI is InChI=1S/C14H19BrN4/c1-4-13-10(8-19(3)18-13)7-17-14-5-9(2)12(16)6-11(14)15/h5-6,8,17H,4,7,16H2,1-3H3. The van der Waals surface area contributed by atoms with Crippen molar-refractivity contribution < 1.29 is 0 Å². The van der Waals surface area contributed by atoms with E-state index in [4.69, 9.17) is 5.73 Å². The van der Waals surface area contributed by atoms with Crippen molar-refractivity contribution in [3.8, 4) is 0 Å². The molecule has 0 aliphatic carbocycles. The fourth-order valence-corrected chi connectivity index (χ4v) is 2.55. The Morgan fingerprint density at radius 2 is 2.16 bits per heavy atom. The molecule has 0 fully saturated rings. The molecular formula is C14H19BrN4. The summed E-state index contributed by atoms with van der Waals surface area (Å²) in [5, 5.41) is 7.87. The summed E-state index contributed by atoms with van der Waals surface area (Å²) >= 11 is 3.53. The van der Waals surface area contributed by atoms with Crippen LogP contribution in [0.15, 0.2) is 22.8 Å². The van der Waals surface area contributed by atoms with Gasteiger partial charge in [0.1, 0.15) is 0 Å². The Kier molecular flexibility index (Phi) is 4.14. The van der Waals surface area contributed by atoms with Crippen LogP contribution in [0, 0.1) is 6.92 Å². The molecule has 19 heavy (non-hydrogen) atoms. The number of hydrogen-bond donors (Lipinski definition) is 2. The van der Waals surface area contributed by atoms with Gasteiger partial charge < -0.3 is 11.1 Å². The second-order valence-electron chi connectivity index (χ2n) is 4.67. The van der Waals surface area contributed by atoms with E-state index in [1.807, 2.05) is 24.7 Å². The molecule has 0 saturated heterocycles. The monoisotopic (exact) mass is 322 g/mol. The third-order valence-corrected chi connectivity index (χ3v) is 3.81. The molecule has 1 aromatic carbocycles. The van der Waals surface area contributed by atoms with E-state index >= 15 is 0 Å². The number of hydrogen-bond acceptors (Lipinski definition) is 3. The summed E-state index contributed by atoms with van der Waals surface area (Å²) in [7, 11) is 1.95. The van der Waals surface area contributed by atoms with Crippen molar-refractivity contribution in [1.29, 1.82) is 0 Å². The average Bonchev–Trinajstić information content (AvgIpc) is 2.72. The van der Waals surface area contributed by atoms with Crippen LogP contribution in [-0.2, 0) is 20.0 Å². The first kappa shape index (κ1) is 13.9. The number of halogens is 1. The summed E-state index contributed by atoms with van der Waals surface area (Å²) in [5.74, 6) is 0. The SMILES string of the molecule is CCc1nn(C)cc1CNc1cc(C)c(N)cc1Br.